The Morgan fingerprint density at radius 2 is 2.12 bits per heavy atom. The van der Waals surface area contributed by atoms with Crippen LogP contribution in [0.2, 0.25) is 0 Å². The van der Waals surface area contributed by atoms with Gasteiger partial charge in [-0.2, -0.15) is 11.8 Å². The van der Waals surface area contributed by atoms with Crippen LogP contribution >= 0.6 is 11.8 Å². The molecule has 1 saturated heterocycles. The van der Waals surface area contributed by atoms with Gasteiger partial charge < -0.3 is 5.73 Å². The fourth-order valence-corrected chi connectivity index (χ4v) is 3.83. The predicted octanol–water partition coefficient (Wildman–Crippen LogP) is 3.46. The molecule has 0 aromatic heterocycles. The summed E-state index contributed by atoms with van der Waals surface area (Å²) >= 11 is 2.05. The highest BCUT2D eigenvalue weighted by Crippen LogP contribution is 2.40. The highest BCUT2D eigenvalue weighted by atomic mass is 32.2. The van der Waals surface area contributed by atoms with Crippen LogP contribution < -0.4 is 5.73 Å². The zero-order valence-electron chi connectivity index (χ0n) is 11.1. The molecule has 0 aliphatic carbocycles. The van der Waals surface area contributed by atoms with Gasteiger partial charge in [-0.25, -0.2) is 0 Å². The molecule has 1 aliphatic heterocycles. The molecule has 1 aromatic carbocycles. The molecule has 2 heteroatoms. The van der Waals surface area contributed by atoms with E-state index in [1.807, 2.05) is 0 Å². The first kappa shape index (κ1) is 13.0. The van der Waals surface area contributed by atoms with E-state index < -0.39 is 0 Å². The Hall–Kier alpha value is -0.470. The van der Waals surface area contributed by atoms with E-state index in [4.69, 9.17) is 5.73 Å². The third-order valence-electron chi connectivity index (χ3n) is 4.06. The van der Waals surface area contributed by atoms with Crippen LogP contribution in [0.15, 0.2) is 18.2 Å². The van der Waals surface area contributed by atoms with Crippen LogP contribution in [-0.2, 0) is 6.42 Å². The lowest BCUT2D eigenvalue weighted by molar-refractivity contribution is 0.482. The fourth-order valence-electron chi connectivity index (χ4n) is 2.49. The van der Waals surface area contributed by atoms with Crippen molar-refractivity contribution in [3.63, 3.8) is 0 Å². The fraction of sp³-hybridized carbons (Fsp3) is 0.600. The molecule has 1 nitrogen and oxygen atoms in total. The molecular weight excluding hydrogens is 226 g/mol. The summed E-state index contributed by atoms with van der Waals surface area (Å²) in [6, 6.07) is 7.00. The summed E-state index contributed by atoms with van der Waals surface area (Å²) in [6.07, 6.45) is 3.59. The standard InChI is InChI=1S/C15H23NS/c1-11-5-6-13(9-12(11)2)10-14(16)15(3)7-4-8-17-15/h5-6,9,14H,4,7-8,10,16H2,1-3H3. The van der Waals surface area contributed by atoms with Crippen molar-refractivity contribution >= 4 is 11.8 Å². The van der Waals surface area contributed by atoms with E-state index in [1.165, 1.54) is 35.3 Å². The number of aryl methyl sites for hydroxylation is 2. The predicted molar refractivity (Wildman–Crippen MR) is 77.7 cm³/mol. The summed E-state index contributed by atoms with van der Waals surface area (Å²) in [5, 5.41) is 0. The van der Waals surface area contributed by atoms with E-state index in [0.717, 1.165) is 6.42 Å². The first-order chi connectivity index (χ1) is 8.01. The second kappa shape index (κ2) is 5.03. The normalized spacial score (nSPS) is 26.1. The maximum atomic E-state index is 6.41. The molecule has 1 fully saturated rings. The van der Waals surface area contributed by atoms with E-state index in [-0.39, 0.29) is 6.04 Å². The van der Waals surface area contributed by atoms with Crippen LogP contribution in [0.3, 0.4) is 0 Å². The third-order valence-corrected chi connectivity index (χ3v) is 5.72. The molecule has 94 valence electrons. The van der Waals surface area contributed by atoms with Gasteiger partial charge in [0, 0.05) is 10.8 Å². The van der Waals surface area contributed by atoms with Crippen molar-refractivity contribution < 1.29 is 0 Å². The average molecular weight is 249 g/mol. The van der Waals surface area contributed by atoms with E-state index >= 15 is 0 Å². The molecule has 0 radical (unpaired) electrons. The van der Waals surface area contributed by atoms with Crippen LogP contribution in [0.25, 0.3) is 0 Å². The maximum absolute atomic E-state index is 6.41. The van der Waals surface area contributed by atoms with Crippen molar-refractivity contribution in [1.29, 1.82) is 0 Å². The molecule has 1 aromatic rings. The lowest BCUT2D eigenvalue weighted by Gasteiger charge is -2.30. The van der Waals surface area contributed by atoms with Gasteiger partial charge in [-0.05, 0) is 62.5 Å². The van der Waals surface area contributed by atoms with E-state index in [0.29, 0.717) is 4.75 Å². The zero-order valence-corrected chi connectivity index (χ0v) is 11.9. The minimum atomic E-state index is 0.275. The van der Waals surface area contributed by atoms with Gasteiger partial charge in [0.05, 0.1) is 0 Å². The molecule has 1 heterocycles. The molecule has 2 rings (SSSR count). The third kappa shape index (κ3) is 2.86. The quantitative estimate of drug-likeness (QED) is 0.888. The number of hydrogen-bond acceptors (Lipinski definition) is 2. The molecular formula is C15H23NS. The van der Waals surface area contributed by atoms with Crippen LogP contribution in [0.1, 0.15) is 36.5 Å². The first-order valence-corrected chi connectivity index (χ1v) is 7.45. The van der Waals surface area contributed by atoms with Crippen molar-refractivity contribution in [1.82, 2.24) is 0 Å². The summed E-state index contributed by atoms with van der Waals surface area (Å²) in [5.41, 5.74) is 10.5. The Labute approximate surface area is 109 Å². The highest BCUT2D eigenvalue weighted by molar-refractivity contribution is 8.00. The monoisotopic (exact) mass is 249 g/mol. The first-order valence-electron chi connectivity index (χ1n) is 6.47. The van der Waals surface area contributed by atoms with Crippen molar-refractivity contribution in [3.8, 4) is 0 Å². The molecule has 17 heavy (non-hydrogen) atoms. The Kier molecular flexibility index (Phi) is 3.84. The lowest BCUT2D eigenvalue weighted by Crippen LogP contribution is -2.42. The van der Waals surface area contributed by atoms with Gasteiger partial charge in [0.2, 0.25) is 0 Å². The van der Waals surface area contributed by atoms with Gasteiger partial charge in [-0.15, -0.1) is 0 Å². The molecule has 0 saturated carbocycles. The smallest absolute Gasteiger partial charge is 0.0286 e. The maximum Gasteiger partial charge on any atom is 0.0286 e. The van der Waals surface area contributed by atoms with Crippen molar-refractivity contribution in [2.45, 2.75) is 50.8 Å². The molecule has 2 atom stereocenters. The van der Waals surface area contributed by atoms with Gasteiger partial charge in [0.25, 0.3) is 0 Å². The SMILES string of the molecule is Cc1ccc(CC(N)C2(C)CCCS2)cc1C. The van der Waals surface area contributed by atoms with Gasteiger partial charge in [0.15, 0.2) is 0 Å². The minimum Gasteiger partial charge on any atom is -0.326 e. The van der Waals surface area contributed by atoms with E-state index in [1.54, 1.807) is 0 Å². The molecule has 0 bridgehead atoms. The topological polar surface area (TPSA) is 26.0 Å². The number of benzene rings is 1. The minimum absolute atomic E-state index is 0.275. The largest absolute Gasteiger partial charge is 0.326 e. The summed E-state index contributed by atoms with van der Waals surface area (Å²) in [5.74, 6) is 1.27. The van der Waals surface area contributed by atoms with Crippen LogP contribution in [-0.4, -0.2) is 16.5 Å². The summed E-state index contributed by atoms with van der Waals surface area (Å²) in [4.78, 5) is 0. The number of hydrogen-bond donors (Lipinski definition) is 1. The van der Waals surface area contributed by atoms with E-state index in [2.05, 4.69) is 50.7 Å². The second-order valence-electron chi connectivity index (χ2n) is 5.49. The Bertz CT molecular complexity index is 394. The summed E-state index contributed by atoms with van der Waals surface area (Å²) in [6.45, 7) is 6.67. The number of rotatable bonds is 3. The molecule has 0 amide bonds. The van der Waals surface area contributed by atoms with Gasteiger partial charge in [0.1, 0.15) is 0 Å². The van der Waals surface area contributed by atoms with Gasteiger partial charge >= 0.3 is 0 Å². The Morgan fingerprint density at radius 3 is 2.71 bits per heavy atom. The Balaban J connectivity index is 2.07. The molecule has 2 N–H and O–H groups in total. The lowest BCUT2D eigenvalue weighted by atomic mass is 9.91. The van der Waals surface area contributed by atoms with Crippen molar-refractivity contribution in [2.24, 2.45) is 5.73 Å². The van der Waals surface area contributed by atoms with Crippen LogP contribution in [0.4, 0.5) is 0 Å². The highest BCUT2D eigenvalue weighted by Gasteiger charge is 2.35. The Morgan fingerprint density at radius 1 is 1.35 bits per heavy atom. The van der Waals surface area contributed by atoms with Gasteiger partial charge in [-0.1, -0.05) is 18.2 Å². The van der Waals surface area contributed by atoms with E-state index in [9.17, 15) is 0 Å². The molecule has 1 aliphatic rings. The molecule has 2 unspecified atom stereocenters. The van der Waals surface area contributed by atoms with Crippen LogP contribution in [0, 0.1) is 13.8 Å². The molecule has 0 spiro atoms. The summed E-state index contributed by atoms with van der Waals surface area (Å²) < 4.78 is 0.290. The number of nitrogens with two attached hydrogens (primary N) is 1. The zero-order chi connectivity index (χ0) is 12.5. The second-order valence-corrected chi connectivity index (χ2v) is 7.12. The van der Waals surface area contributed by atoms with Crippen LogP contribution in [0.5, 0.6) is 0 Å². The van der Waals surface area contributed by atoms with Crippen molar-refractivity contribution in [2.75, 3.05) is 5.75 Å². The van der Waals surface area contributed by atoms with Crippen molar-refractivity contribution in [3.05, 3.63) is 34.9 Å². The number of thioether (sulfide) groups is 1. The summed E-state index contributed by atoms with van der Waals surface area (Å²) in [7, 11) is 0. The average Bonchev–Trinajstić information content (AvgIpc) is 2.72. The van der Waals surface area contributed by atoms with Gasteiger partial charge in [-0.3, -0.25) is 0 Å².